The number of benzene rings is 1. The minimum absolute atomic E-state index is 0. The van der Waals surface area contributed by atoms with Gasteiger partial charge in [0, 0.05) is 12.3 Å². The molecule has 1 fully saturated rings. The molecule has 0 saturated carbocycles. The number of carbonyl (C=O) groups excluding carboxylic acids is 1. The van der Waals surface area contributed by atoms with E-state index in [2.05, 4.69) is 10.6 Å². The Morgan fingerprint density at radius 3 is 2.52 bits per heavy atom. The first-order valence-corrected chi connectivity index (χ1v) is 10.8. The van der Waals surface area contributed by atoms with Crippen molar-refractivity contribution in [3.05, 3.63) is 29.8 Å². The second kappa shape index (κ2) is 13.9. The molecule has 2 aliphatic rings. The monoisotopic (exact) mass is 469 g/mol. The molecule has 11 heteroatoms. The lowest BCUT2D eigenvalue weighted by atomic mass is 9.95. The van der Waals surface area contributed by atoms with Crippen LogP contribution < -0.4 is 15.5 Å². The van der Waals surface area contributed by atoms with Gasteiger partial charge in [-0.3, -0.25) is 24.6 Å². The van der Waals surface area contributed by atoms with Crippen LogP contribution in [-0.2, 0) is 25.5 Å². The van der Waals surface area contributed by atoms with E-state index in [1.54, 1.807) is 12.1 Å². The molecule has 186 valence electrons. The van der Waals surface area contributed by atoms with E-state index < -0.39 is 36.5 Å². The van der Waals surface area contributed by atoms with Gasteiger partial charge in [0.15, 0.2) is 0 Å². The standard InChI is InChI=1S/C22H31N3O6.2H2O/c26-20(27)13-25-19-4-2-1-3-16(19)5-6-17(21(25)28)24-18(22(29)30)14-31-12-9-15-7-10-23-11-8-15;;/h1-4,15,17-18,23-24H,5-14H2,(H,26,27)(H,29,30);2*1H2/t17-,18-;;/m0../s1. The van der Waals surface area contributed by atoms with Crippen LogP contribution in [0.25, 0.3) is 0 Å². The highest BCUT2D eigenvalue weighted by Crippen LogP contribution is 2.27. The number of hydrogen-bond donors (Lipinski definition) is 4. The molecule has 1 amide bonds. The zero-order valence-electron chi connectivity index (χ0n) is 18.6. The fraction of sp³-hybridized carbons (Fsp3) is 0.591. The number of aryl methyl sites for hydroxylation is 1. The first kappa shape index (κ1) is 28.5. The molecule has 8 N–H and O–H groups in total. The van der Waals surface area contributed by atoms with E-state index in [1.165, 1.54) is 4.90 Å². The average Bonchev–Trinajstić information content (AvgIpc) is 2.88. The summed E-state index contributed by atoms with van der Waals surface area (Å²) in [5.41, 5.74) is 1.43. The normalized spacial score (nSPS) is 19.5. The quantitative estimate of drug-likeness (QED) is 0.321. The number of hydrogen-bond acceptors (Lipinski definition) is 6. The van der Waals surface area contributed by atoms with Crippen molar-refractivity contribution in [2.75, 3.05) is 37.7 Å². The highest BCUT2D eigenvalue weighted by molar-refractivity contribution is 6.02. The molecule has 1 aromatic rings. The van der Waals surface area contributed by atoms with E-state index in [1.807, 2.05) is 12.1 Å². The van der Waals surface area contributed by atoms with E-state index in [0.29, 0.717) is 31.1 Å². The molecule has 2 heterocycles. The van der Waals surface area contributed by atoms with Gasteiger partial charge < -0.3 is 31.2 Å². The highest BCUT2D eigenvalue weighted by Gasteiger charge is 2.34. The molecule has 0 spiro atoms. The highest BCUT2D eigenvalue weighted by atomic mass is 16.5. The number of para-hydroxylation sites is 1. The fourth-order valence-corrected chi connectivity index (χ4v) is 4.22. The van der Waals surface area contributed by atoms with Gasteiger partial charge in [-0.2, -0.15) is 0 Å². The van der Waals surface area contributed by atoms with Gasteiger partial charge in [-0.25, -0.2) is 0 Å². The number of anilines is 1. The first-order valence-electron chi connectivity index (χ1n) is 10.8. The number of amides is 1. The molecule has 0 bridgehead atoms. The Kier molecular flexibility index (Phi) is 12.0. The smallest absolute Gasteiger partial charge is 0.323 e. The van der Waals surface area contributed by atoms with Crippen molar-refractivity contribution in [1.82, 2.24) is 10.6 Å². The van der Waals surface area contributed by atoms with Crippen LogP contribution in [0.2, 0.25) is 0 Å². The van der Waals surface area contributed by atoms with Gasteiger partial charge in [0.05, 0.1) is 12.6 Å². The Balaban J connectivity index is 0.00000272. The number of nitrogens with one attached hydrogen (secondary N) is 2. The number of ether oxygens (including phenoxy) is 1. The van der Waals surface area contributed by atoms with E-state index in [9.17, 15) is 24.6 Å². The number of carboxylic acid groups (broad SMARTS) is 2. The average molecular weight is 470 g/mol. The third kappa shape index (κ3) is 8.06. The lowest BCUT2D eigenvalue weighted by Crippen LogP contribution is -2.54. The topological polar surface area (TPSA) is 191 Å². The molecule has 2 atom stereocenters. The lowest BCUT2D eigenvalue weighted by Gasteiger charge is -2.27. The summed E-state index contributed by atoms with van der Waals surface area (Å²) in [5, 5.41) is 25.1. The van der Waals surface area contributed by atoms with Crippen LogP contribution >= 0.6 is 0 Å². The van der Waals surface area contributed by atoms with Crippen molar-refractivity contribution in [3.8, 4) is 0 Å². The maximum Gasteiger partial charge on any atom is 0.323 e. The van der Waals surface area contributed by atoms with Crippen molar-refractivity contribution in [1.29, 1.82) is 0 Å². The van der Waals surface area contributed by atoms with E-state index in [-0.39, 0.29) is 17.6 Å². The van der Waals surface area contributed by atoms with E-state index in [4.69, 9.17) is 4.74 Å². The van der Waals surface area contributed by atoms with Crippen LogP contribution in [0.15, 0.2) is 24.3 Å². The van der Waals surface area contributed by atoms with Gasteiger partial charge in [-0.1, -0.05) is 18.2 Å². The zero-order chi connectivity index (χ0) is 22.2. The number of carboxylic acids is 2. The summed E-state index contributed by atoms with van der Waals surface area (Å²) in [7, 11) is 0. The molecule has 0 unspecified atom stereocenters. The zero-order valence-corrected chi connectivity index (χ0v) is 18.6. The summed E-state index contributed by atoms with van der Waals surface area (Å²) in [5.74, 6) is -2.07. The van der Waals surface area contributed by atoms with Crippen molar-refractivity contribution in [3.63, 3.8) is 0 Å². The Bertz CT molecular complexity index is 785. The molecule has 1 aromatic carbocycles. The van der Waals surface area contributed by atoms with Crippen LogP contribution in [-0.4, -0.2) is 83.9 Å². The Hall–Kier alpha value is -2.57. The van der Waals surface area contributed by atoms with Crippen molar-refractivity contribution in [2.24, 2.45) is 5.92 Å². The van der Waals surface area contributed by atoms with Crippen LogP contribution in [0.3, 0.4) is 0 Å². The number of fused-ring (bicyclic) bond motifs is 1. The summed E-state index contributed by atoms with van der Waals surface area (Å²) in [6, 6.07) is 5.32. The summed E-state index contributed by atoms with van der Waals surface area (Å²) in [4.78, 5) is 37.4. The van der Waals surface area contributed by atoms with Gasteiger partial charge >= 0.3 is 11.9 Å². The van der Waals surface area contributed by atoms with Gasteiger partial charge in [0.25, 0.3) is 0 Å². The molecule has 1 saturated heterocycles. The molecule has 33 heavy (non-hydrogen) atoms. The number of piperidine rings is 1. The predicted octanol–water partition coefficient (Wildman–Crippen LogP) is -0.781. The third-order valence-electron chi connectivity index (χ3n) is 5.96. The van der Waals surface area contributed by atoms with Crippen LogP contribution in [0.5, 0.6) is 0 Å². The van der Waals surface area contributed by atoms with Crippen LogP contribution in [0.1, 0.15) is 31.2 Å². The van der Waals surface area contributed by atoms with Gasteiger partial charge in [0.1, 0.15) is 12.6 Å². The Labute approximate surface area is 192 Å². The molecular weight excluding hydrogens is 434 g/mol. The number of nitrogens with zero attached hydrogens (tertiary/aromatic N) is 1. The van der Waals surface area contributed by atoms with Gasteiger partial charge in [-0.05, 0) is 62.7 Å². The minimum atomic E-state index is -1.13. The summed E-state index contributed by atoms with van der Waals surface area (Å²) < 4.78 is 5.64. The summed E-state index contributed by atoms with van der Waals surface area (Å²) >= 11 is 0. The van der Waals surface area contributed by atoms with Gasteiger partial charge in [0.2, 0.25) is 5.91 Å². The molecular formula is C22H35N3O8. The molecule has 2 aliphatic heterocycles. The number of aliphatic carboxylic acids is 2. The first-order chi connectivity index (χ1) is 15.0. The fourth-order valence-electron chi connectivity index (χ4n) is 4.22. The Morgan fingerprint density at radius 2 is 1.85 bits per heavy atom. The SMILES string of the molecule is O.O.O=C(O)CN1C(=O)[C@@H](N[C@@H](COCCC2CCNCC2)C(=O)O)CCc2ccccc21. The third-order valence-corrected chi connectivity index (χ3v) is 5.96. The number of carbonyl (C=O) groups is 3. The van der Waals surface area contributed by atoms with Crippen LogP contribution in [0.4, 0.5) is 5.69 Å². The van der Waals surface area contributed by atoms with Crippen molar-refractivity contribution >= 4 is 23.5 Å². The summed E-state index contributed by atoms with van der Waals surface area (Å²) in [6.45, 7) is 1.96. The molecule has 11 nitrogen and oxygen atoms in total. The van der Waals surface area contributed by atoms with E-state index >= 15 is 0 Å². The van der Waals surface area contributed by atoms with Crippen molar-refractivity contribution < 1.29 is 40.3 Å². The van der Waals surface area contributed by atoms with Crippen molar-refractivity contribution in [2.45, 2.75) is 44.2 Å². The second-order valence-corrected chi connectivity index (χ2v) is 8.15. The van der Waals surface area contributed by atoms with Crippen LogP contribution in [0, 0.1) is 5.92 Å². The summed E-state index contributed by atoms with van der Waals surface area (Å²) in [6.07, 6.45) is 4.00. The maximum atomic E-state index is 13.1. The molecule has 0 aromatic heterocycles. The second-order valence-electron chi connectivity index (χ2n) is 8.15. The molecule has 0 aliphatic carbocycles. The van der Waals surface area contributed by atoms with Gasteiger partial charge in [-0.15, -0.1) is 0 Å². The maximum absolute atomic E-state index is 13.1. The van der Waals surface area contributed by atoms with E-state index in [0.717, 1.165) is 37.9 Å². The lowest BCUT2D eigenvalue weighted by molar-refractivity contribution is -0.142. The number of rotatable bonds is 10. The predicted molar refractivity (Wildman–Crippen MR) is 121 cm³/mol. The minimum Gasteiger partial charge on any atom is -0.480 e. The molecule has 0 radical (unpaired) electrons. The molecule has 3 rings (SSSR count). The largest absolute Gasteiger partial charge is 0.480 e. The Morgan fingerprint density at radius 1 is 1.15 bits per heavy atom.